The average molecular weight is 354 g/mol. The molecule has 0 atom stereocenters. The fourth-order valence-corrected chi connectivity index (χ4v) is 2.83. The first-order chi connectivity index (χ1) is 12.3. The molecule has 1 heterocycles. The van der Waals surface area contributed by atoms with Crippen LogP contribution in [0, 0.1) is 0 Å². The molecule has 0 aliphatic rings. The maximum absolute atomic E-state index is 6.17. The average Bonchev–Trinajstić information content (AvgIpc) is 2.67. The summed E-state index contributed by atoms with van der Waals surface area (Å²) in [7, 11) is 1.69. The van der Waals surface area contributed by atoms with Gasteiger partial charge in [0.2, 0.25) is 0 Å². The summed E-state index contributed by atoms with van der Waals surface area (Å²) in [5, 5.41) is 4.22. The van der Waals surface area contributed by atoms with Crippen LogP contribution in [0.25, 0.3) is 11.4 Å². The van der Waals surface area contributed by atoms with Gasteiger partial charge in [-0.05, 0) is 42.3 Å². The molecule has 25 heavy (non-hydrogen) atoms. The summed E-state index contributed by atoms with van der Waals surface area (Å²) in [6, 6.07) is 15.8. The van der Waals surface area contributed by atoms with Crippen molar-refractivity contribution in [2.45, 2.75) is 13.0 Å². The zero-order valence-corrected chi connectivity index (χ0v) is 14.8. The Hall–Kier alpha value is -2.43. The summed E-state index contributed by atoms with van der Waals surface area (Å²) in [4.78, 5) is 8.56. The van der Waals surface area contributed by atoms with E-state index in [0.717, 1.165) is 47.0 Å². The molecule has 0 saturated heterocycles. The molecule has 0 radical (unpaired) electrons. The van der Waals surface area contributed by atoms with Crippen molar-refractivity contribution >= 4 is 11.6 Å². The second-order valence-electron chi connectivity index (χ2n) is 5.62. The van der Waals surface area contributed by atoms with Crippen molar-refractivity contribution in [2.75, 3.05) is 13.7 Å². The molecule has 0 bridgehead atoms. The van der Waals surface area contributed by atoms with Crippen LogP contribution in [0.15, 0.2) is 60.9 Å². The number of methoxy groups -OCH3 is 1. The second-order valence-corrected chi connectivity index (χ2v) is 6.02. The molecule has 128 valence electrons. The minimum Gasteiger partial charge on any atom is -0.496 e. The number of rotatable bonds is 7. The summed E-state index contributed by atoms with van der Waals surface area (Å²) in [6.45, 7) is 1.58. The smallest absolute Gasteiger partial charge is 0.159 e. The van der Waals surface area contributed by atoms with E-state index in [1.807, 2.05) is 36.4 Å². The van der Waals surface area contributed by atoms with Crippen LogP contribution in [-0.2, 0) is 13.0 Å². The molecule has 3 rings (SSSR count). The predicted octanol–water partition coefficient (Wildman–Crippen LogP) is 4.14. The number of halogens is 1. The van der Waals surface area contributed by atoms with Crippen molar-refractivity contribution in [3.63, 3.8) is 0 Å². The van der Waals surface area contributed by atoms with Gasteiger partial charge in [-0.1, -0.05) is 41.9 Å². The SMILES string of the molecule is COc1cc(-c2ncccn2)ccc1CCNCc1ccccc1Cl. The monoisotopic (exact) mass is 353 g/mol. The molecular weight excluding hydrogens is 334 g/mol. The second kappa shape index (κ2) is 8.60. The zero-order chi connectivity index (χ0) is 17.5. The molecule has 0 amide bonds. The topological polar surface area (TPSA) is 47.0 Å². The number of aromatic nitrogens is 2. The highest BCUT2D eigenvalue weighted by molar-refractivity contribution is 6.31. The van der Waals surface area contributed by atoms with E-state index in [0.29, 0.717) is 5.82 Å². The van der Waals surface area contributed by atoms with Crippen LogP contribution >= 0.6 is 11.6 Å². The summed E-state index contributed by atoms with van der Waals surface area (Å²) >= 11 is 6.17. The number of hydrogen-bond donors (Lipinski definition) is 1. The highest BCUT2D eigenvalue weighted by Gasteiger charge is 2.07. The third kappa shape index (κ3) is 4.56. The lowest BCUT2D eigenvalue weighted by Crippen LogP contribution is -2.17. The van der Waals surface area contributed by atoms with Gasteiger partial charge in [0.1, 0.15) is 5.75 Å². The molecule has 1 N–H and O–H groups in total. The molecule has 0 fully saturated rings. The molecule has 3 aromatic rings. The normalized spacial score (nSPS) is 10.6. The van der Waals surface area contributed by atoms with Gasteiger partial charge in [-0.2, -0.15) is 0 Å². The van der Waals surface area contributed by atoms with E-state index in [4.69, 9.17) is 16.3 Å². The minimum absolute atomic E-state index is 0.698. The number of benzene rings is 2. The lowest BCUT2D eigenvalue weighted by Gasteiger charge is -2.11. The van der Waals surface area contributed by atoms with Crippen LogP contribution in [0.5, 0.6) is 5.75 Å². The van der Waals surface area contributed by atoms with Crippen molar-refractivity contribution in [3.05, 3.63) is 77.1 Å². The van der Waals surface area contributed by atoms with Crippen molar-refractivity contribution < 1.29 is 4.74 Å². The van der Waals surface area contributed by atoms with Gasteiger partial charge in [-0.25, -0.2) is 9.97 Å². The van der Waals surface area contributed by atoms with E-state index in [9.17, 15) is 0 Å². The largest absolute Gasteiger partial charge is 0.496 e. The first-order valence-corrected chi connectivity index (χ1v) is 8.54. The maximum atomic E-state index is 6.17. The van der Waals surface area contributed by atoms with Gasteiger partial charge in [0, 0.05) is 29.5 Å². The van der Waals surface area contributed by atoms with E-state index in [-0.39, 0.29) is 0 Å². The lowest BCUT2D eigenvalue weighted by atomic mass is 10.1. The highest BCUT2D eigenvalue weighted by Crippen LogP contribution is 2.25. The minimum atomic E-state index is 0.698. The Morgan fingerprint density at radius 2 is 1.80 bits per heavy atom. The van der Waals surface area contributed by atoms with Crippen molar-refractivity contribution in [1.29, 1.82) is 0 Å². The van der Waals surface area contributed by atoms with Gasteiger partial charge in [0.15, 0.2) is 5.82 Å². The summed E-state index contributed by atoms with van der Waals surface area (Å²) in [5.74, 6) is 1.55. The van der Waals surface area contributed by atoms with Crippen LogP contribution < -0.4 is 10.1 Å². The molecule has 0 aliphatic carbocycles. The van der Waals surface area contributed by atoms with Crippen LogP contribution in [-0.4, -0.2) is 23.6 Å². The van der Waals surface area contributed by atoms with Gasteiger partial charge >= 0.3 is 0 Å². The van der Waals surface area contributed by atoms with Crippen LogP contribution in [0.3, 0.4) is 0 Å². The lowest BCUT2D eigenvalue weighted by molar-refractivity contribution is 0.409. The van der Waals surface area contributed by atoms with Gasteiger partial charge in [0.25, 0.3) is 0 Å². The van der Waals surface area contributed by atoms with Crippen molar-refractivity contribution in [2.24, 2.45) is 0 Å². The Balaban J connectivity index is 1.62. The first kappa shape index (κ1) is 17.4. The molecule has 4 nitrogen and oxygen atoms in total. The van der Waals surface area contributed by atoms with E-state index in [1.54, 1.807) is 25.6 Å². The summed E-state index contributed by atoms with van der Waals surface area (Å²) in [5.41, 5.74) is 3.20. The molecular formula is C20H20ClN3O. The Morgan fingerprint density at radius 1 is 1.00 bits per heavy atom. The van der Waals surface area contributed by atoms with Gasteiger partial charge < -0.3 is 10.1 Å². The Kier molecular flexibility index (Phi) is 5.99. The first-order valence-electron chi connectivity index (χ1n) is 8.16. The fourth-order valence-electron chi connectivity index (χ4n) is 2.63. The summed E-state index contributed by atoms with van der Waals surface area (Å²) < 4.78 is 5.54. The predicted molar refractivity (Wildman–Crippen MR) is 101 cm³/mol. The van der Waals surface area contributed by atoms with Crippen LogP contribution in [0.1, 0.15) is 11.1 Å². The fraction of sp³-hybridized carbons (Fsp3) is 0.200. The molecule has 1 aromatic heterocycles. The third-order valence-corrected chi connectivity index (χ3v) is 4.32. The van der Waals surface area contributed by atoms with Crippen LogP contribution in [0.4, 0.5) is 0 Å². The highest BCUT2D eigenvalue weighted by atomic mass is 35.5. The number of nitrogens with one attached hydrogen (secondary N) is 1. The van der Waals surface area contributed by atoms with Gasteiger partial charge in [-0.15, -0.1) is 0 Å². The molecule has 0 unspecified atom stereocenters. The molecule has 0 spiro atoms. The summed E-state index contributed by atoms with van der Waals surface area (Å²) in [6.07, 6.45) is 4.34. The van der Waals surface area contributed by atoms with E-state index >= 15 is 0 Å². The Morgan fingerprint density at radius 3 is 2.56 bits per heavy atom. The zero-order valence-electron chi connectivity index (χ0n) is 14.1. The molecule has 2 aromatic carbocycles. The number of hydrogen-bond acceptors (Lipinski definition) is 4. The van der Waals surface area contributed by atoms with Gasteiger partial charge in [-0.3, -0.25) is 0 Å². The third-order valence-electron chi connectivity index (χ3n) is 3.96. The Labute approximate surface area is 152 Å². The molecule has 0 aliphatic heterocycles. The van der Waals surface area contributed by atoms with E-state index < -0.39 is 0 Å². The number of ether oxygens (including phenoxy) is 1. The standard InChI is InChI=1S/C20H20ClN3O/c1-25-19-13-16(20-23-10-4-11-24-20)8-7-15(19)9-12-22-14-17-5-2-3-6-18(17)21/h2-8,10-11,13,22H,9,12,14H2,1H3. The van der Waals surface area contributed by atoms with Crippen molar-refractivity contribution in [1.82, 2.24) is 15.3 Å². The Bertz CT molecular complexity index is 824. The van der Waals surface area contributed by atoms with E-state index in [1.165, 1.54) is 0 Å². The van der Waals surface area contributed by atoms with Crippen molar-refractivity contribution in [3.8, 4) is 17.1 Å². The number of nitrogens with zero attached hydrogens (tertiary/aromatic N) is 2. The molecule has 5 heteroatoms. The quantitative estimate of drug-likeness (QED) is 0.648. The van der Waals surface area contributed by atoms with Crippen LogP contribution in [0.2, 0.25) is 5.02 Å². The maximum Gasteiger partial charge on any atom is 0.159 e. The van der Waals surface area contributed by atoms with E-state index in [2.05, 4.69) is 21.4 Å². The van der Waals surface area contributed by atoms with Gasteiger partial charge in [0.05, 0.1) is 7.11 Å². The molecule has 0 saturated carbocycles.